The Morgan fingerprint density at radius 2 is 1.96 bits per heavy atom. The SMILES string of the molecule is CC(Oc1ccc(Cl)cc1Cl)C(=O)NCC(=O)NN=Cc1ccc(O)cc1O. The Morgan fingerprint density at radius 3 is 2.64 bits per heavy atom. The highest BCUT2D eigenvalue weighted by Crippen LogP contribution is 2.28. The zero-order chi connectivity index (χ0) is 20.7. The van der Waals surface area contributed by atoms with E-state index >= 15 is 0 Å². The van der Waals surface area contributed by atoms with Gasteiger partial charge >= 0.3 is 0 Å². The molecule has 148 valence electrons. The van der Waals surface area contributed by atoms with Crippen molar-refractivity contribution in [2.24, 2.45) is 5.10 Å². The molecule has 0 aliphatic carbocycles. The lowest BCUT2D eigenvalue weighted by atomic mass is 10.2. The van der Waals surface area contributed by atoms with Gasteiger partial charge < -0.3 is 20.3 Å². The van der Waals surface area contributed by atoms with E-state index in [9.17, 15) is 19.8 Å². The average Bonchev–Trinajstić information content (AvgIpc) is 2.63. The van der Waals surface area contributed by atoms with E-state index < -0.39 is 17.9 Å². The number of nitrogens with one attached hydrogen (secondary N) is 2. The van der Waals surface area contributed by atoms with Crippen LogP contribution in [0.5, 0.6) is 17.2 Å². The predicted molar refractivity (Wildman–Crippen MR) is 105 cm³/mol. The number of hydrogen-bond donors (Lipinski definition) is 4. The van der Waals surface area contributed by atoms with Gasteiger partial charge in [-0.1, -0.05) is 23.2 Å². The van der Waals surface area contributed by atoms with Crippen LogP contribution in [0, 0.1) is 0 Å². The molecule has 4 N–H and O–H groups in total. The van der Waals surface area contributed by atoms with Gasteiger partial charge in [0.25, 0.3) is 11.8 Å². The summed E-state index contributed by atoms with van der Waals surface area (Å²) in [4.78, 5) is 23.8. The van der Waals surface area contributed by atoms with Gasteiger partial charge in [-0.25, -0.2) is 5.43 Å². The Balaban J connectivity index is 1.79. The number of hydrogen-bond acceptors (Lipinski definition) is 6. The summed E-state index contributed by atoms with van der Waals surface area (Å²) in [5.74, 6) is -1.12. The molecule has 2 aromatic carbocycles. The topological polar surface area (TPSA) is 120 Å². The number of phenolic OH excluding ortho intramolecular Hbond substituents is 2. The van der Waals surface area contributed by atoms with Crippen molar-refractivity contribution in [1.82, 2.24) is 10.7 Å². The van der Waals surface area contributed by atoms with Gasteiger partial charge in [-0.15, -0.1) is 0 Å². The molecular formula is C18H17Cl2N3O5. The van der Waals surface area contributed by atoms with Crippen LogP contribution in [0.25, 0.3) is 0 Å². The lowest BCUT2D eigenvalue weighted by Gasteiger charge is -2.15. The largest absolute Gasteiger partial charge is 0.508 e. The summed E-state index contributed by atoms with van der Waals surface area (Å²) in [5.41, 5.74) is 2.49. The van der Waals surface area contributed by atoms with Crippen molar-refractivity contribution >= 4 is 41.2 Å². The van der Waals surface area contributed by atoms with Crippen LogP contribution in [-0.4, -0.2) is 40.9 Å². The number of carbonyl (C=O) groups is 2. The molecule has 1 unspecified atom stereocenters. The first-order valence-corrected chi connectivity index (χ1v) is 8.75. The maximum Gasteiger partial charge on any atom is 0.261 e. The molecule has 0 bridgehead atoms. The molecule has 10 heteroatoms. The Morgan fingerprint density at radius 1 is 1.21 bits per heavy atom. The van der Waals surface area contributed by atoms with Gasteiger partial charge in [0.2, 0.25) is 0 Å². The lowest BCUT2D eigenvalue weighted by Crippen LogP contribution is -2.41. The highest BCUT2D eigenvalue weighted by atomic mass is 35.5. The van der Waals surface area contributed by atoms with E-state index in [1.54, 1.807) is 6.07 Å². The molecular weight excluding hydrogens is 409 g/mol. The molecule has 0 spiro atoms. The predicted octanol–water partition coefficient (Wildman–Crippen LogP) is 2.44. The number of carbonyl (C=O) groups excluding carboxylic acids is 2. The molecule has 2 amide bonds. The van der Waals surface area contributed by atoms with Gasteiger partial charge in [-0.2, -0.15) is 5.10 Å². The third-order valence-electron chi connectivity index (χ3n) is 3.40. The Labute approximate surface area is 170 Å². The summed E-state index contributed by atoms with van der Waals surface area (Å²) >= 11 is 11.8. The quantitative estimate of drug-likeness (QED) is 0.401. The summed E-state index contributed by atoms with van der Waals surface area (Å²) in [6, 6.07) is 8.51. The van der Waals surface area contributed by atoms with Crippen LogP contribution >= 0.6 is 23.2 Å². The highest BCUT2D eigenvalue weighted by molar-refractivity contribution is 6.35. The minimum Gasteiger partial charge on any atom is -0.508 e. The molecule has 0 saturated carbocycles. The molecule has 0 fully saturated rings. The van der Waals surface area contributed by atoms with E-state index in [2.05, 4.69) is 15.8 Å². The van der Waals surface area contributed by atoms with E-state index in [-0.39, 0.29) is 28.8 Å². The van der Waals surface area contributed by atoms with E-state index in [0.29, 0.717) is 10.6 Å². The second kappa shape index (κ2) is 9.82. The van der Waals surface area contributed by atoms with Crippen LogP contribution in [0.3, 0.4) is 0 Å². The second-order valence-corrected chi connectivity index (χ2v) is 6.43. The minimum absolute atomic E-state index is 0.0994. The van der Waals surface area contributed by atoms with Crippen molar-refractivity contribution in [1.29, 1.82) is 0 Å². The van der Waals surface area contributed by atoms with Crippen LogP contribution in [0.15, 0.2) is 41.5 Å². The molecule has 8 nitrogen and oxygen atoms in total. The maximum absolute atomic E-state index is 12.0. The number of ether oxygens (including phenoxy) is 1. The normalized spacial score (nSPS) is 11.8. The number of benzene rings is 2. The van der Waals surface area contributed by atoms with E-state index in [4.69, 9.17) is 27.9 Å². The molecule has 0 aromatic heterocycles. The van der Waals surface area contributed by atoms with Crippen LogP contribution < -0.4 is 15.5 Å². The molecule has 1 atom stereocenters. The number of aromatic hydroxyl groups is 2. The first-order chi connectivity index (χ1) is 13.3. The number of hydrazone groups is 1. The van der Waals surface area contributed by atoms with Gasteiger partial charge in [0, 0.05) is 16.7 Å². The van der Waals surface area contributed by atoms with Crippen molar-refractivity contribution in [3.05, 3.63) is 52.0 Å². The van der Waals surface area contributed by atoms with E-state index in [0.717, 1.165) is 6.07 Å². The molecule has 0 aliphatic heterocycles. The summed E-state index contributed by atoms with van der Waals surface area (Å²) in [6.45, 7) is 1.17. The summed E-state index contributed by atoms with van der Waals surface area (Å²) in [6.07, 6.45) is 0.298. The number of nitrogens with zero attached hydrogens (tertiary/aromatic N) is 1. The fraction of sp³-hybridized carbons (Fsp3) is 0.167. The van der Waals surface area contributed by atoms with Crippen LogP contribution in [0.1, 0.15) is 12.5 Å². The number of rotatable bonds is 7. The van der Waals surface area contributed by atoms with Gasteiger partial charge in [0.1, 0.15) is 17.2 Å². The van der Waals surface area contributed by atoms with Gasteiger partial charge in [0.15, 0.2) is 6.10 Å². The van der Waals surface area contributed by atoms with Crippen molar-refractivity contribution < 1.29 is 24.5 Å². The lowest BCUT2D eigenvalue weighted by molar-refractivity contribution is -0.130. The summed E-state index contributed by atoms with van der Waals surface area (Å²) in [5, 5.41) is 25.6. The first kappa shape index (κ1) is 21.3. The minimum atomic E-state index is -0.899. The zero-order valence-electron chi connectivity index (χ0n) is 14.6. The molecule has 0 radical (unpaired) electrons. The Bertz CT molecular complexity index is 905. The van der Waals surface area contributed by atoms with Crippen LogP contribution in [0.4, 0.5) is 0 Å². The van der Waals surface area contributed by atoms with Gasteiger partial charge in [0.05, 0.1) is 17.8 Å². The number of amides is 2. The zero-order valence-corrected chi connectivity index (χ0v) is 16.2. The molecule has 2 rings (SSSR count). The van der Waals surface area contributed by atoms with Crippen molar-refractivity contribution in [3.8, 4) is 17.2 Å². The molecule has 0 heterocycles. The maximum atomic E-state index is 12.0. The standard InChI is InChI=1S/C18H17Cl2N3O5/c1-10(28-16-5-3-12(19)6-14(16)20)18(27)21-9-17(26)23-22-8-11-2-4-13(24)7-15(11)25/h2-8,10,24-25H,9H2,1H3,(H,21,27)(H,23,26). The Kier molecular flexibility index (Phi) is 7.48. The first-order valence-electron chi connectivity index (χ1n) is 7.99. The fourth-order valence-corrected chi connectivity index (χ4v) is 2.43. The van der Waals surface area contributed by atoms with Crippen molar-refractivity contribution in [2.75, 3.05) is 6.54 Å². The smallest absolute Gasteiger partial charge is 0.261 e. The second-order valence-electron chi connectivity index (χ2n) is 5.59. The molecule has 0 saturated heterocycles. The highest BCUT2D eigenvalue weighted by Gasteiger charge is 2.17. The monoisotopic (exact) mass is 425 g/mol. The molecule has 0 aliphatic rings. The average molecular weight is 426 g/mol. The van der Waals surface area contributed by atoms with E-state index in [1.807, 2.05) is 0 Å². The third kappa shape index (κ3) is 6.33. The third-order valence-corrected chi connectivity index (χ3v) is 3.93. The molecule has 28 heavy (non-hydrogen) atoms. The van der Waals surface area contributed by atoms with Gasteiger partial charge in [-0.05, 0) is 37.3 Å². The van der Waals surface area contributed by atoms with Crippen LogP contribution in [-0.2, 0) is 9.59 Å². The van der Waals surface area contributed by atoms with Gasteiger partial charge in [-0.3, -0.25) is 9.59 Å². The van der Waals surface area contributed by atoms with Crippen molar-refractivity contribution in [2.45, 2.75) is 13.0 Å². The number of phenols is 2. The summed E-state index contributed by atoms with van der Waals surface area (Å²) in [7, 11) is 0. The van der Waals surface area contributed by atoms with Crippen LogP contribution in [0.2, 0.25) is 10.0 Å². The van der Waals surface area contributed by atoms with E-state index in [1.165, 1.54) is 37.4 Å². The van der Waals surface area contributed by atoms with Crippen molar-refractivity contribution in [3.63, 3.8) is 0 Å². The summed E-state index contributed by atoms with van der Waals surface area (Å²) < 4.78 is 5.44. The number of halogens is 2. The fourth-order valence-electron chi connectivity index (χ4n) is 1.98. The molecule has 2 aromatic rings. The Hall–Kier alpha value is -2.97.